The van der Waals surface area contributed by atoms with Crippen molar-refractivity contribution in [2.45, 2.75) is 64.7 Å². The minimum Gasteiger partial charge on any atom is -0.396 e. The van der Waals surface area contributed by atoms with Crippen LogP contribution >= 0.6 is 0 Å². The summed E-state index contributed by atoms with van der Waals surface area (Å²) in [6, 6.07) is 0. The lowest BCUT2D eigenvalue weighted by atomic mass is 9.80. The summed E-state index contributed by atoms with van der Waals surface area (Å²) < 4.78 is 0. The summed E-state index contributed by atoms with van der Waals surface area (Å²) in [5.41, 5.74) is 0. The SMILES string of the molecule is CCCCCCC1CCC(CO)CC1. The molecule has 0 aromatic rings. The molecule has 1 heteroatoms. The fourth-order valence-electron chi connectivity index (χ4n) is 2.56. The van der Waals surface area contributed by atoms with E-state index in [2.05, 4.69) is 6.92 Å². The Bertz CT molecular complexity index is 125. The van der Waals surface area contributed by atoms with E-state index in [0.717, 1.165) is 5.92 Å². The zero-order chi connectivity index (χ0) is 10.2. The van der Waals surface area contributed by atoms with Crippen LogP contribution in [0.2, 0.25) is 0 Å². The van der Waals surface area contributed by atoms with E-state index in [1.54, 1.807) is 0 Å². The van der Waals surface area contributed by atoms with E-state index < -0.39 is 0 Å². The minimum atomic E-state index is 0.419. The molecule has 0 bridgehead atoms. The van der Waals surface area contributed by atoms with Gasteiger partial charge >= 0.3 is 0 Å². The van der Waals surface area contributed by atoms with E-state index in [-0.39, 0.29) is 0 Å². The third kappa shape index (κ3) is 4.45. The third-order valence-corrected chi connectivity index (χ3v) is 3.69. The summed E-state index contributed by atoms with van der Waals surface area (Å²) in [4.78, 5) is 0. The summed E-state index contributed by atoms with van der Waals surface area (Å²) in [5.74, 6) is 1.61. The summed E-state index contributed by atoms with van der Waals surface area (Å²) in [7, 11) is 0. The molecule has 84 valence electrons. The third-order valence-electron chi connectivity index (χ3n) is 3.69. The largest absolute Gasteiger partial charge is 0.396 e. The zero-order valence-electron chi connectivity index (χ0n) is 9.67. The number of hydrogen-bond acceptors (Lipinski definition) is 1. The standard InChI is InChI=1S/C13H26O/c1-2-3-4-5-6-12-7-9-13(11-14)10-8-12/h12-14H,2-11H2,1H3. The molecule has 0 aliphatic heterocycles. The highest BCUT2D eigenvalue weighted by Crippen LogP contribution is 2.31. The van der Waals surface area contributed by atoms with Gasteiger partial charge in [0.2, 0.25) is 0 Å². The maximum atomic E-state index is 9.02. The molecule has 1 aliphatic rings. The molecular formula is C13H26O. The highest BCUT2D eigenvalue weighted by atomic mass is 16.3. The van der Waals surface area contributed by atoms with Crippen LogP contribution in [-0.2, 0) is 0 Å². The van der Waals surface area contributed by atoms with E-state index in [4.69, 9.17) is 5.11 Å². The van der Waals surface area contributed by atoms with Crippen LogP contribution in [0.15, 0.2) is 0 Å². The van der Waals surface area contributed by atoms with Crippen molar-refractivity contribution in [1.82, 2.24) is 0 Å². The van der Waals surface area contributed by atoms with Gasteiger partial charge in [-0.2, -0.15) is 0 Å². The second kappa shape index (κ2) is 7.28. The average Bonchev–Trinajstić information content (AvgIpc) is 2.25. The van der Waals surface area contributed by atoms with Gasteiger partial charge in [0.1, 0.15) is 0 Å². The first-order valence-corrected chi connectivity index (χ1v) is 6.47. The predicted molar refractivity (Wildman–Crippen MR) is 61.3 cm³/mol. The average molecular weight is 198 g/mol. The molecule has 0 aromatic heterocycles. The normalized spacial score (nSPS) is 27.9. The van der Waals surface area contributed by atoms with Crippen molar-refractivity contribution >= 4 is 0 Å². The maximum absolute atomic E-state index is 9.02. The monoisotopic (exact) mass is 198 g/mol. The van der Waals surface area contributed by atoms with E-state index in [0.29, 0.717) is 12.5 Å². The number of hydrogen-bond donors (Lipinski definition) is 1. The van der Waals surface area contributed by atoms with E-state index in [1.807, 2.05) is 0 Å². The minimum absolute atomic E-state index is 0.419. The lowest BCUT2D eigenvalue weighted by Gasteiger charge is -2.27. The molecule has 0 aromatic carbocycles. The number of aliphatic hydroxyl groups is 1. The Morgan fingerprint density at radius 3 is 2.14 bits per heavy atom. The van der Waals surface area contributed by atoms with Crippen molar-refractivity contribution in [3.63, 3.8) is 0 Å². The highest BCUT2D eigenvalue weighted by Gasteiger charge is 2.19. The molecule has 0 saturated heterocycles. The summed E-state index contributed by atoms with van der Waals surface area (Å²) >= 11 is 0. The molecule has 1 N–H and O–H groups in total. The van der Waals surface area contributed by atoms with Crippen LogP contribution in [0.3, 0.4) is 0 Å². The van der Waals surface area contributed by atoms with Gasteiger partial charge in [0, 0.05) is 6.61 Å². The summed E-state index contributed by atoms with van der Waals surface area (Å²) in [5, 5.41) is 9.02. The van der Waals surface area contributed by atoms with Crippen LogP contribution in [0.25, 0.3) is 0 Å². The fraction of sp³-hybridized carbons (Fsp3) is 1.00. The second-order valence-electron chi connectivity index (χ2n) is 4.92. The fourth-order valence-corrected chi connectivity index (χ4v) is 2.56. The lowest BCUT2D eigenvalue weighted by molar-refractivity contribution is 0.163. The van der Waals surface area contributed by atoms with Crippen molar-refractivity contribution in [2.75, 3.05) is 6.61 Å². The number of unbranched alkanes of at least 4 members (excludes halogenated alkanes) is 3. The smallest absolute Gasteiger partial charge is 0.0459 e. The Hall–Kier alpha value is -0.0400. The summed E-state index contributed by atoms with van der Waals surface area (Å²) in [6.45, 7) is 2.69. The van der Waals surface area contributed by atoms with Gasteiger partial charge in [0.15, 0.2) is 0 Å². The van der Waals surface area contributed by atoms with E-state index >= 15 is 0 Å². The number of aliphatic hydroxyl groups excluding tert-OH is 1. The zero-order valence-corrected chi connectivity index (χ0v) is 9.67. The molecule has 0 heterocycles. The first kappa shape index (κ1) is 12.0. The van der Waals surface area contributed by atoms with Crippen LogP contribution in [0, 0.1) is 11.8 Å². The van der Waals surface area contributed by atoms with Gasteiger partial charge in [-0.05, 0) is 24.7 Å². The molecule has 1 saturated carbocycles. The second-order valence-corrected chi connectivity index (χ2v) is 4.92. The van der Waals surface area contributed by atoms with Crippen molar-refractivity contribution in [3.8, 4) is 0 Å². The van der Waals surface area contributed by atoms with Crippen molar-refractivity contribution in [2.24, 2.45) is 11.8 Å². The molecule has 0 radical (unpaired) electrons. The quantitative estimate of drug-likeness (QED) is 0.644. The lowest BCUT2D eigenvalue weighted by Crippen LogP contribution is -2.17. The maximum Gasteiger partial charge on any atom is 0.0459 e. The van der Waals surface area contributed by atoms with Gasteiger partial charge in [-0.3, -0.25) is 0 Å². The topological polar surface area (TPSA) is 20.2 Å². The molecule has 0 amide bonds. The number of rotatable bonds is 6. The Morgan fingerprint density at radius 2 is 1.57 bits per heavy atom. The summed E-state index contributed by atoms with van der Waals surface area (Å²) in [6.07, 6.45) is 12.3. The molecule has 0 atom stereocenters. The Labute approximate surface area is 88.9 Å². The molecular weight excluding hydrogens is 172 g/mol. The van der Waals surface area contributed by atoms with Crippen LogP contribution in [0.4, 0.5) is 0 Å². The van der Waals surface area contributed by atoms with Gasteiger partial charge in [-0.1, -0.05) is 51.9 Å². The molecule has 0 spiro atoms. The van der Waals surface area contributed by atoms with Crippen LogP contribution in [0.1, 0.15) is 64.7 Å². The molecule has 1 fully saturated rings. The van der Waals surface area contributed by atoms with Gasteiger partial charge in [-0.25, -0.2) is 0 Å². The molecule has 0 unspecified atom stereocenters. The first-order chi connectivity index (χ1) is 6.86. The predicted octanol–water partition coefficient (Wildman–Crippen LogP) is 3.76. The molecule has 14 heavy (non-hydrogen) atoms. The van der Waals surface area contributed by atoms with E-state index in [1.165, 1.54) is 57.8 Å². The van der Waals surface area contributed by atoms with Gasteiger partial charge in [0.05, 0.1) is 0 Å². The Balaban J connectivity index is 1.98. The van der Waals surface area contributed by atoms with Crippen LogP contribution in [0.5, 0.6) is 0 Å². The first-order valence-electron chi connectivity index (χ1n) is 6.47. The van der Waals surface area contributed by atoms with Crippen molar-refractivity contribution in [1.29, 1.82) is 0 Å². The van der Waals surface area contributed by atoms with Gasteiger partial charge < -0.3 is 5.11 Å². The Kier molecular flexibility index (Phi) is 6.25. The van der Waals surface area contributed by atoms with Gasteiger partial charge in [-0.15, -0.1) is 0 Å². The highest BCUT2D eigenvalue weighted by molar-refractivity contribution is 4.71. The Morgan fingerprint density at radius 1 is 0.929 bits per heavy atom. The molecule has 1 rings (SSSR count). The molecule has 1 nitrogen and oxygen atoms in total. The van der Waals surface area contributed by atoms with E-state index in [9.17, 15) is 0 Å². The van der Waals surface area contributed by atoms with Crippen LogP contribution < -0.4 is 0 Å². The van der Waals surface area contributed by atoms with Crippen molar-refractivity contribution < 1.29 is 5.11 Å². The van der Waals surface area contributed by atoms with Crippen LogP contribution in [-0.4, -0.2) is 11.7 Å². The van der Waals surface area contributed by atoms with Crippen molar-refractivity contribution in [3.05, 3.63) is 0 Å². The van der Waals surface area contributed by atoms with Gasteiger partial charge in [0.25, 0.3) is 0 Å². The molecule has 1 aliphatic carbocycles.